The first-order valence-corrected chi connectivity index (χ1v) is 8.32. The summed E-state index contributed by atoms with van der Waals surface area (Å²) in [6.45, 7) is 5.52. The van der Waals surface area contributed by atoms with E-state index in [4.69, 9.17) is 0 Å². The highest BCUT2D eigenvalue weighted by atomic mass is 32.2. The second-order valence-corrected chi connectivity index (χ2v) is 6.94. The van der Waals surface area contributed by atoms with Crippen LogP contribution in [0.25, 0.3) is 0 Å². The average Bonchev–Trinajstić information content (AvgIpc) is 2.40. The normalized spacial score (nSPS) is 18.6. The SMILES string of the molecule is CCCS(=O)(=O)N1CCN(Cc2cccnc2)CC1. The molecule has 0 spiro atoms. The van der Waals surface area contributed by atoms with E-state index >= 15 is 0 Å². The standard InChI is InChI=1S/C13H21N3O2S/c1-2-10-19(17,18)16-8-6-15(7-9-16)12-13-4-3-5-14-11-13/h3-5,11H,2,6-10,12H2,1H3. The molecule has 1 aromatic rings. The first kappa shape index (κ1) is 14.4. The van der Waals surface area contributed by atoms with E-state index in [1.54, 1.807) is 10.5 Å². The lowest BCUT2D eigenvalue weighted by Crippen LogP contribution is -2.48. The molecule has 2 rings (SSSR count). The quantitative estimate of drug-likeness (QED) is 0.807. The average molecular weight is 283 g/mol. The van der Waals surface area contributed by atoms with Gasteiger partial charge in [0, 0.05) is 45.1 Å². The number of piperazine rings is 1. The summed E-state index contributed by atoms with van der Waals surface area (Å²) in [5, 5.41) is 0. The Balaban J connectivity index is 1.86. The van der Waals surface area contributed by atoms with Gasteiger partial charge in [0.05, 0.1) is 5.75 Å². The third kappa shape index (κ3) is 3.99. The minimum atomic E-state index is -3.04. The first-order valence-electron chi connectivity index (χ1n) is 6.71. The topological polar surface area (TPSA) is 53.5 Å². The van der Waals surface area contributed by atoms with E-state index in [2.05, 4.69) is 9.88 Å². The number of aromatic nitrogens is 1. The van der Waals surface area contributed by atoms with Gasteiger partial charge in [-0.25, -0.2) is 8.42 Å². The summed E-state index contributed by atoms with van der Waals surface area (Å²) >= 11 is 0. The zero-order valence-corrected chi connectivity index (χ0v) is 12.1. The molecule has 1 aromatic heterocycles. The molecule has 0 N–H and O–H groups in total. The monoisotopic (exact) mass is 283 g/mol. The molecule has 19 heavy (non-hydrogen) atoms. The van der Waals surface area contributed by atoms with E-state index in [-0.39, 0.29) is 5.75 Å². The number of nitrogens with zero attached hydrogens (tertiary/aromatic N) is 3. The first-order chi connectivity index (χ1) is 9.12. The number of hydrogen-bond donors (Lipinski definition) is 0. The van der Waals surface area contributed by atoms with Crippen LogP contribution >= 0.6 is 0 Å². The van der Waals surface area contributed by atoms with Crippen LogP contribution < -0.4 is 0 Å². The van der Waals surface area contributed by atoms with Crippen LogP contribution in [-0.4, -0.2) is 54.5 Å². The lowest BCUT2D eigenvalue weighted by atomic mass is 10.2. The number of pyridine rings is 1. The molecular formula is C13H21N3O2S. The molecule has 0 atom stereocenters. The largest absolute Gasteiger partial charge is 0.296 e. The summed E-state index contributed by atoms with van der Waals surface area (Å²) < 4.78 is 25.5. The third-order valence-corrected chi connectivity index (χ3v) is 5.39. The Labute approximate surface area is 115 Å². The maximum atomic E-state index is 11.9. The molecule has 1 aliphatic rings. The molecule has 0 amide bonds. The van der Waals surface area contributed by atoms with Crippen molar-refractivity contribution in [3.8, 4) is 0 Å². The van der Waals surface area contributed by atoms with E-state index in [1.165, 1.54) is 5.56 Å². The van der Waals surface area contributed by atoms with Gasteiger partial charge in [0.15, 0.2) is 0 Å². The summed E-state index contributed by atoms with van der Waals surface area (Å²) in [4.78, 5) is 6.37. The van der Waals surface area contributed by atoms with Crippen molar-refractivity contribution in [2.45, 2.75) is 19.9 Å². The van der Waals surface area contributed by atoms with Gasteiger partial charge in [0.2, 0.25) is 10.0 Å². The fourth-order valence-electron chi connectivity index (χ4n) is 2.30. The highest BCUT2D eigenvalue weighted by Crippen LogP contribution is 2.11. The Bertz CT molecular complexity index is 482. The maximum Gasteiger partial charge on any atom is 0.214 e. The fraction of sp³-hybridized carbons (Fsp3) is 0.615. The number of rotatable bonds is 5. The van der Waals surface area contributed by atoms with Gasteiger partial charge in [-0.05, 0) is 18.1 Å². The Morgan fingerprint density at radius 2 is 2.00 bits per heavy atom. The maximum absolute atomic E-state index is 11.9. The summed E-state index contributed by atoms with van der Waals surface area (Å²) in [6.07, 6.45) is 4.30. The molecule has 5 nitrogen and oxygen atoms in total. The van der Waals surface area contributed by atoms with Crippen molar-refractivity contribution in [2.24, 2.45) is 0 Å². The van der Waals surface area contributed by atoms with Crippen LogP contribution in [0.15, 0.2) is 24.5 Å². The molecular weight excluding hydrogens is 262 g/mol. The van der Waals surface area contributed by atoms with Crippen molar-refractivity contribution in [2.75, 3.05) is 31.9 Å². The Hall–Kier alpha value is -0.980. The van der Waals surface area contributed by atoms with E-state index in [1.807, 2.05) is 25.3 Å². The summed E-state index contributed by atoms with van der Waals surface area (Å²) in [7, 11) is -3.04. The minimum Gasteiger partial charge on any atom is -0.296 e. The van der Waals surface area contributed by atoms with Crippen LogP contribution in [0.1, 0.15) is 18.9 Å². The van der Waals surface area contributed by atoms with Crippen molar-refractivity contribution in [1.82, 2.24) is 14.2 Å². The molecule has 1 fully saturated rings. The van der Waals surface area contributed by atoms with Gasteiger partial charge in [-0.1, -0.05) is 13.0 Å². The molecule has 0 saturated carbocycles. The van der Waals surface area contributed by atoms with Crippen molar-refractivity contribution >= 4 is 10.0 Å². The minimum absolute atomic E-state index is 0.260. The van der Waals surface area contributed by atoms with Gasteiger partial charge in [0.25, 0.3) is 0 Å². The van der Waals surface area contributed by atoms with Crippen LogP contribution in [0.3, 0.4) is 0 Å². The third-order valence-electron chi connectivity index (χ3n) is 3.32. The molecule has 0 unspecified atom stereocenters. The second-order valence-electron chi connectivity index (χ2n) is 4.85. The lowest BCUT2D eigenvalue weighted by Gasteiger charge is -2.33. The predicted molar refractivity (Wildman–Crippen MR) is 75.2 cm³/mol. The zero-order chi connectivity index (χ0) is 13.7. The lowest BCUT2D eigenvalue weighted by molar-refractivity contribution is 0.181. The second kappa shape index (κ2) is 6.45. The van der Waals surface area contributed by atoms with Crippen molar-refractivity contribution < 1.29 is 8.42 Å². The van der Waals surface area contributed by atoms with Gasteiger partial charge in [0.1, 0.15) is 0 Å². The molecule has 2 heterocycles. The molecule has 1 saturated heterocycles. The molecule has 106 valence electrons. The highest BCUT2D eigenvalue weighted by Gasteiger charge is 2.25. The molecule has 6 heteroatoms. The van der Waals surface area contributed by atoms with Gasteiger partial charge >= 0.3 is 0 Å². The molecule has 0 bridgehead atoms. The Morgan fingerprint density at radius 3 is 2.58 bits per heavy atom. The molecule has 0 radical (unpaired) electrons. The summed E-state index contributed by atoms with van der Waals surface area (Å²) in [5.74, 6) is 0.260. The summed E-state index contributed by atoms with van der Waals surface area (Å²) in [6, 6.07) is 3.98. The van der Waals surface area contributed by atoms with E-state index in [0.717, 1.165) is 19.6 Å². The van der Waals surface area contributed by atoms with E-state index in [0.29, 0.717) is 19.5 Å². The van der Waals surface area contributed by atoms with Gasteiger partial charge in [-0.15, -0.1) is 0 Å². The van der Waals surface area contributed by atoms with Crippen molar-refractivity contribution in [3.05, 3.63) is 30.1 Å². The van der Waals surface area contributed by atoms with Crippen LogP contribution in [0.5, 0.6) is 0 Å². The number of hydrogen-bond acceptors (Lipinski definition) is 4. The van der Waals surface area contributed by atoms with Gasteiger partial charge < -0.3 is 0 Å². The van der Waals surface area contributed by atoms with Gasteiger partial charge in [-0.2, -0.15) is 4.31 Å². The molecule has 0 aliphatic carbocycles. The molecule has 1 aliphatic heterocycles. The Kier molecular flexibility index (Phi) is 4.90. The van der Waals surface area contributed by atoms with Crippen LogP contribution in [0.2, 0.25) is 0 Å². The number of sulfonamides is 1. The molecule has 0 aromatic carbocycles. The predicted octanol–water partition coefficient (Wildman–Crippen LogP) is 0.939. The van der Waals surface area contributed by atoms with E-state index < -0.39 is 10.0 Å². The van der Waals surface area contributed by atoms with Gasteiger partial charge in [-0.3, -0.25) is 9.88 Å². The smallest absolute Gasteiger partial charge is 0.214 e. The van der Waals surface area contributed by atoms with Crippen LogP contribution in [0.4, 0.5) is 0 Å². The van der Waals surface area contributed by atoms with Crippen molar-refractivity contribution in [1.29, 1.82) is 0 Å². The summed E-state index contributed by atoms with van der Waals surface area (Å²) in [5.41, 5.74) is 1.17. The zero-order valence-electron chi connectivity index (χ0n) is 11.3. The van der Waals surface area contributed by atoms with Crippen molar-refractivity contribution in [3.63, 3.8) is 0 Å². The fourth-order valence-corrected chi connectivity index (χ4v) is 3.80. The Morgan fingerprint density at radius 1 is 1.26 bits per heavy atom. The highest BCUT2D eigenvalue weighted by molar-refractivity contribution is 7.89. The van der Waals surface area contributed by atoms with E-state index in [9.17, 15) is 8.42 Å². The van der Waals surface area contributed by atoms with Crippen LogP contribution in [-0.2, 0) is 16.6 Å². The van der Waals surface area contributed by atoms with Crippen LogP contribution in [0, 0.1) is 0 Å².